The molecule has 0 fully saturated rings. The van der Waals surface area contributed by atoms with Gasteiger partial charge in [0, 0.05) is 11.9 Å². The van der Waals surface area contributed by atoms with E-state index in [0.29, 0.717) is 0 Å². The van der Waals surface area contributed by atoms with Gasteiger partial charge in [-0.25, -0.2) is 4.98 Å². The number of hydrogen-bond donors (Lipinski definition) is 2. The minimum absolute atomic E-state index is 0.855. The lowest BCUT2D eigenvalue weighted by molar-refractivity contribution is 0.626. The Labute approximate surface area is 73.6 Å². The molecule has 1 aromatic rings. The summed E-state index contributed by atoms with van der Waals surface area (Å²) in [6.07, 6.45) is 4.33. The van der Waals surface area contributed by atoms with Gasteiger partial charge in [-0.05, 0) is 19.9 Å². The maximum absolute atomic E-state index is 4.20. The van der Waals surface area contributed by atoms with Gasteiger partial charge in [0.15, 0.2) is 0 Å². The zero-order valence-corrected chi connectivity index (χ0v) is 7.85. The molecule has 3 nitrogen and oxygen atoms in total. The molecule has 1 aromatic heterocycles. The van der Waals surface area contributed by atoms with E-state index in [2.05, 4.69) is 22.2 Å². The van der Waals surface area contributed by atoms with Gasteiger partial charge in [0.05, 0.1) is 6.54 Å². The average molecular weight is 167 g/mol. The van der Waals surface area contributed by atoms with Crippen LogP contribution in [0.2, 0.25) is 0 Å². The summed E-state index contributed by atoms with van der Waals surface area (Å²) in [7, 11) is 0. The highest BCUT2D eigenvalue weighted by molar-refractivity contribution is 4.97. The van der Waals surface area contributed by atoms with Crippen molar-refractivity contribution in [2.24, 2.45) is 0 Å². The average Bonchev–Trinajstić information content (AvgIpc) is 2.45. The number of nitrogens with one attached hydrogen (secondary N) is 2. The van der Waals surface area contributed by atoms with Gasteiger partial charge in [0.2, 0.25) is 0 Å². The van der Waals surface area contributed by atoms with Gasteiger partial charge in [0.25, 0.3) is 0 Å². The summed E-state index contributed by atoms with van der Waals surface area (Å²) in [6.45, 7) is 6.14. The van der Waals surface area contributed by atoms with Crippen molar-refractivity contribution in [2.45, 2.75) is 33.2 Å². The number of rotatable bonds is 5. The lowest BCUT2D eigenvalue weighted by atomic mass is 10.3. The second kappa shape index (κ2) is 4.93. The van der Waals surface area contributed by atoms with Crippen molar-refractivity contribution < 1.29 is 0 Å². The second-order valence-corrected chi connectivity index (χ2v) is 3.04. The van der Waals surface area contributed by atoms with Crippen LogP contribution >= 0.6 is 0 Å². The molecule has 68 valence electrons. The van der Waals surface area contributed by atoms with Crippen molar-refractivity contribution >= 4 is 0 Å². The van der Waals surface area contributed by atoms with E-state index >= 15 is 0 Å². The summed E-state index contributed by atoms with van der Waals surface area (Å²) in [6, 6.07) is 0. The fourth-order valence-electron chi connectivity index (χ4n) is 1.07. The van der Waals surface area contributed by atoms with Gasteiger partial charge in [-0.2, -0.15) is 0 Å². The van der Waals surface area contributed by atoms with Crippen LogP contribution < -0.4 is 5.32 Å². The van der Waals surface area contributed by atoms with Gasteiger partial charge in [0.1, 0.15) is 5.82 Å². The summed E-state index contributed by atoms with van der Waals surface area (Å²) >= 11 is 0. The Kier molecular flexibility index (Phi) is 3.80. The first-order valence-electron chi connectivity index (χ1n) is 4.54. The van der Waals surface area contributed by atoms with Crippen LogP contribution in [0, 0.1) is 6.92 Å². The van der Waals surface area contributed by atoms with Gasteiger partial charge in [-0.15, -0.1) is 0 Å². The molecule has 1 heterocycles. The molecule has 0 aliphatic carbocycles. The van der Waals surface area contributed by atoms with Gasteiger partial charge >= 0.3 is 0 Å². The maximum Gasteiger partial charge on any atom is 0.120 e. The highest BCUT2D eigenvalue weighted by Crippen LogP contribution is 1.93. The van der Waals surface area contributed by atoms with E-state index in [1.54, 1.807) is 0 Å². The Bertz CT molecular complexity index is 217. The molecule has 0 aliphatic rings. The summed E-state index contributed by atoms with van der Waals surface area (Å²) in [5.41, 5.74) is 1.13. The maximum atomic E-state index is 4.20. The first-order chi connectivity index (χ1) is 5.83. The number of unbranched alkanes of at least 4 members (excludes halogenated alkanes) is 1. The molecular weight excluding hydrogens is 150 g/mol. The molecule has 3 heteroatoms. The molecule has 0 radical (unpaired) electrons. The first-order valence-corrected chi connectivity index (χ1v) is 4.54. The molecule has 0 aromatic carbocycles. The third-order valence-electron chi connectivity index (χ3n) is 1.76. The van der Waals surface area contributed by atoms with Crippen molar-refractivity contribution in [3.63, 3.8) is 0 Å². The molecule has 0 saturated heterocycles. The molecule has 0 aliphatic heterocycles. The predicted molar refractivity (Wildman–Crippen MR) is 49.9 cm³/mol. The molecule has 0 saturated carbocycles. The number of hydrogen-bond acceptors (Lipinski definition) is 2. The second-order valence-electron chi connectivity index (χ2n) is 3.04. The van der Waals surface area contributed by atoms with Gasteiger partial charge in [-0.3, -0.25) is 0 Å². The quantitative estimate of drug-likeness (QED) is 0.654. The van der Waals surface area contributed by atoms with E-state index in [9.17, 15) is 0 Å². The van der Waals surface area contributed by atoms with Crippen molar-refractivity contribution in [1.29, 1.82) is 0 Å². The van der Waals surface area contributed by atoms with Crippen LogP contribution in [0.3, 0.4) is 0 Å². The molecule has 1 rings (SSSR count). The number of H-pyrrole nitrogens is 1. The zero-order valence-electron chi connectivity index (χ0n) is 7.85. The molecular formula is C9H17N3. The Balaban J connectivity index is 2.15. The van der Waals surface area contributed by atoms with Gasteiger partial charge in [-0.1, -0.05) is 13.3 Å². The SMILES string of the molecule is CCCCNCc1ncc(C)[nH]1. The van der Waals surface area contributed by atoms with Crippen LogP contribution in [0.25, 0.3) is 0 Å². The number of imidazole rings is 1. The minimum atomic E-state index is 0.855. The topological polar surface area (TPSA) is 40.7 Å². The highest BCUT2D eigenvalue weighted by atomic mass is 15.0. The van der Waals surface area contributed by atoms with Crippen LogP contribution in [-0.2, 0) is 6.54 Å². The predicted octanol–water partition coefficient (Wildman–Crippen LogP) is 1.61. The van der Waals surface area contributed by atoms with Crippen LogP contribution in [0.5, 0.6) is 0 Å². The Morgan fingerprint density at radius 2 is 2.42 bits per heavy atom. The van der Waals surface area contributed by atoms with E-state index in [1.165, 1.54) is 12.8 Å². The minimum Gasteiger partial charge on any atom is -0.345 e. The molecule has 0 spiro atoms. The number of aromatic nitrogens is 2. The zero-order chi connectivity index (χ0) is 8.81. The van der Waals surface area contributed by atoms with E-state index in [1.807, 2.05) is 13.1 Å². The van der Waals surface area contributed by atoms with E-state index in [4.69, 9.17) is 0 Å². The number of nitrogens with zero attached hydrogens (tertiary/aromatic N) is 1. The summed E-state index contributed by atoms with van der Waals surface area (Å²) in [4.78, 5) is 7.37. The van der Waals surface area contributed by atoms with Crippen molar-refractivity contribution in [3.8, 4) is 0 Å². The molecule has 0 bridgehead atoms. The fourth-order valence-corrected chi connectivity index (χ4v) is 1.07. The molecule has 0 atom stereocenters. The normalized spacial score (nSPS) is 10.5. The Morgan fingerprint density at radius 1 is 1.58 bits per heavy atom. The van der Waals surface area contributed by atoms with Gasteiger partial charge < -0.3 is 10.3 Å². The summed E-state index contributed by atoms with van der Waals surface area (Å²) in [5, 5.41) is 3.32. The summed E-state index contributed by atoms with van der Waals surface area (Å²) < 4.78 is 0. The Hall–Kier alpha value is -0.830. The highest BCUT2D eigenvalue weighted by Gasteiger charge is 1.94. The smallest absolute Gasteiger partial charge is 0.120 e. The van der Waals surface area contributed by atoms with Crippen molar-refractivity contribution in [2.75, 3.05) is 6.54 Å². The molecule has 0 unspecified atom stereocenters. The van der Waals surface area contributed by atoms with Crippen LogP contribution in [-0.4, -0.2) is 16.5 Å². The monoisotopic (exact) mass is 167 g/mol. The van der Waals surface area contributed by atoms with Crippen molar-refractivity contribution in [3.05, 3.63) is 17.7 Å². The van der Waals surface area contributed by atoms with Crippen LogP contribution in [0.15, 0.2) is 6.20 Å². The van der Waals surface area contributed by atoms with Crippen LogP contribution in [0.1, 0.15) is 31.3 Å². The van der Waals surface area contributed by atoms with E-state index < -0.39 is 0 Å². The van der Waals surface area contributed by atoms with E-state index in [-0.39, 0.29) is 0 Å². The third kappa shape index (κ3) is 3.05. The largest absolute Gasteiger partial charge is 0.345 e. The molecule has 12 heavy (non-hydrogen) atoms. The van der Waals surface area contributed by atoms with Crippen LogP contribution in [0.4, 0.5) is 0 Å². The number of aromatic amines is 1. The number of aryl methyl sites for hydroxylation is 1. The summed E-state index contributed by atoms with van der Waals surface area (Å²) in [5.74, 6) is 1.03. The first kappa shape index (κ1) is 9.26. The fraction of sp³-hybridized carbons (Fsp3) is 0.667. The standard InChI is InChI=1S/C9H17N3/c1-3-4-5-10-7-9-11-6-8(2)12-9/h6,10H,3-5,7H2,1-2H3,(H,11,12). The Morgan fingerprint density at radius 3 is 3.00 bits per heavy atom. The third-order valence-corrected chi connectivity index (χ3v) is 1.76. The van der Waals surface area contributed by atoms with E-state index in [0.717, 1.165) is 24.6 Å². The van der Waals surface area contributed by atoms with Crippen molar-refractivity contribution in [1.82, 2.24) is 15.3 Å². The molecule has 0 amide bonds. The lowest BCUT2D eigenvalue weighted by Gasteiger charge is -1.99. The lowest BCUT2D eigenvalue weighted by Crippen LogP contribution is -2.15. The molecule has 2 N–H and O–H groups in total.